The number of hydrogen-bond acceptors (Lipinski definition) is 10. The molecule has 1 aliphatic carbocycles. The summed E-state index contributed by atoms with van der Waals surface area (Å²) in [5, 5.41) is 33.1. The molecule has 4 aromatic rings. The predicted molar refractivity (Wildman–Crippen MR) is 201 cm³/mol. The molecule has 1 unspecified atom stereocenters. The van der Waals surface area contributed by atoms with Crippen LogP contribution in [-0.2, 0) is 16.0 Å². The molecular weight excluding hydrogens is 686 g/mol. The highest BCUT2D eigenvalue weighted by atomic mass is 16.5. The van der Waals surface area contributed by atoms with Gasteiger partial charge < -0.3 is 40.0 Å². The van der Waals surface area contributed by atoms with Crippen LogP contribution in [-0.4, -0.2) is 115 Å². The van der Waals surface area contributed by atoms with E-state index in [2.05, 4.69) is 37.2 Å². The number of hydrogen-bond donors (Lipinski definition) is 4. The number of carbonyl (C=O) groups is 2. The highest BCUT2D eigenvalue weighted by Gasteiger charge is 2.56. The van der Waals surface area contributed by atoms with Gasteiger partial charge >= 0.3 is 12.0 Å². The molecule has 2 atom stereocenters. The maximum atomic E-state index is 13.1. The minimum absolute atomic E-state index is 0.0307. The summed E-state index contributed by atoms with van der Waals surface area (Å²) in [5.41, 5.74) is 5.23. The van der Waals surface area contributed by atoms with Crippen LogP contribution < -0.4 is 10.2 Å². The number of benzene rings is 1. The Morgan fingerprint density at radius 2 is 1.76 bits per heavy atom. The molecule has 4 N–H and O–H groups in total. The zero-order chi connectivity index (χ0) is 37.2. The maximum absolute atomic E-state index is 13.1. The number of nitrogens with one attached hydrogen (secondary N) is 2. The Hall–Kier alpha value is -4.82. The first-order valence-corrected chi connectivity index (χ1v) is 19.4. The number of aromatic nitrogens is 5. The average molecular weight is 736 g/mol. The lowest BCUT2D eigenvalue weighted by atomic mass is 9.60. The minimum Gasteiger partial charge on any atom is -0.507 e. The van der Waals surface area contributed by atoms with E-state index in [1.165, 1.54) is 11.1 Å². The summed E-state index contributed by atoms with van der Waals surface area (Å²) in [6.45, 7) is 9.45. The molecule has 54 heavy (non-hydrogen) atoms. The van der Waals surface area contributed by atoms with Crippen LogP contribution in [0.15, 0.2) is 42.7 Å². The van der Waals surface area contributed by atoms with E-state index in [-0.39, 0.29) is 23.2 Å². The molecule has 1 aromatic carbocycles. The van der Waals surface area contributed by atoms with E-state index in [9.17, 15) is 19.8 Å². The molecule has 3 saturated heterocycles. The van der Waals surface area contributed by atoms with Gasteiger partial charge in [0.25, 0.3) is 0 Å². The predicted octanol–water partition coefficient (Wildman–Crippen LogP) is 4.87. The summed E-state index contributed by atoms with van der Waals surface area (Å²) in [5.74, 6) is 0.360. The number of para-hydroxylation sites is 1. The highest BCUT2D eigenvalue weighted by Crippen LogP contribution is 2.51. The first-order valence-electron chi connectivity index (χ1n) is 19.4. The Balaban J connectivity index is 0.773. The fraction of sp³-hybridized carbons (Fsp3) is 0.550. The van der Waals surface area contributed by atoms with Gasteiger partial charge in [-0.1, -0.05) is 19.1 Å². The van der Waals surface area contributed by atoms with Gasteiger partial charge in [-0.2, -0.15) is 0 Å². The number of aliphatic carboxylic acids is 1. The van der Waals surface area contributed by atoms with Gasteiger partial charge in [0.2, 0.25) is 5.95 Å². The number of carboxylic acids is 1. The molecule has 14 nitrogen and oxygen atoms in total. The number of carboxylic acid groups (broad SMARTS) is 1. The van der Waals surface area contributed by atoms with E-state index in [4.69, 9.17) is 14.7 Å². The van der Waals surface area contributed by atoms with Gasteiger partial charge in [-0.15, -0.1) is 10.2 Å². The number of phenols is 1. The Morgan fingerprint density at radius 3 is 2.46 bits per heavy atom. The number of urea groups is 1. The normalized spacial score (nSPS) is 23.4. The van der Waals surface area contributed by atoms with Gasteiger partial charge in [-0.3, -0.25) is 0 Å². The van der Waals surface area contributed by atoms with E-state index >= 15 is 0 Å². The number of ether oxygens (including phenoxy) is 1. The first-order chi connectivity index (χ1) is 26.1. The molecule has 9 rings (SSSR count). The third kappa shape index (κ3) is 6.12. The van der Waals surface area contributed by atoms with Gasteiger partial charge in [0.15, 0.2) is 5.65 Å². The number of piperidine rings is 1. The zero-order valence-electron chi connectivity index (χ0n) is 31.0. The van der Waals surface area contributed by atoms with Crippen LogP contribution in [0.1, 0.15) is 81.2 Å². The summed E-state index contributed by atoms with van der Waals surface area (Å²) >= 11 is 0. The summed E-state index contributed by atoms with van der Waals surface area (Å²) < 4.78 is 5.44. The fourth-order valence-electron chi connectivity index (χ4n) is 9.94. The van der Waals surface area contributed by atoms with Crippen LogP contribution in [0.4, 0.5) is 10.7 Å². The number of aromatic hydroxyl groups is 1. The van der Waals surface area contributed by atoms with Crippen molar-refractivity contribution < 1.29 is 24.5 Å². The lowest BCUT2D eigenvalue weighted by molar-refractivity contribution is -0.145. The van der Waals surface area contributed by atoms with Gasteiger partial charge in [-0.25, -0.2) is 19.6 Å². The van der Waals surface area contributed by atoms with E-state index in [1.54, 1.807) is 17.0 Å². The number of carbonyl (C=O) groups excluding carboxylic acids is 1. The summed E-state index contributed by atoms with van der Waals surface area (Å²) in [6, 6.07) is 8.61. The van der Waals surface area contributed by atoms with Crippen molar-refractivity contribution in [3.8, 4) is 17.0 Å². The molecule has 1 spiro atoms. The zero-order valence-corrected chi connectivity index (χ0v) is 31.0. The number of fused-ring (bicyclic) bond motifs is 3. The van der Waals surface area contributed by atoms with Crippen molar-refractivity contribution in [3.63, 3.8) is 0 Å². The fourth-order valence-corrected chi connectivity index (χ4v) is 9.94. The van der Waals surface area contributed by atoms with Crippen molar-refractivity contribution in [3.05, 3.63) is 59.5 Å². The van der Waals surface area contributed by atoms with Crippen LogP contribution in [0.5, 0.6) is 5.75 Å². The van der Waals surface area contributed by atoms with Crippen molar-refractivity contribution in [2.75, 3.05) is 50.8 Å². The molecule has 0 radical (unpaired) electrons. The second-order valence-electron chi connectivity index (χ2n) is 16.7. The number of amides is 2. The molecule has 14 heteroatoms. The molecule has 2 amide bonds. The molecule has 3 aromatic heterocycles. The molecule has 4 fully saturated rings. The maximum Gasteiger partial charge on any atom is 0.326 e. The Bertz CT molecular complexity index is 2040. The monoisotopic (exact) mass is 735 g/mol. The number of anilines is 1. The van der Waals surface area contributed by atoms with Gasteiger partial charge in [0.05, 0.1) is 11.7 Å². The molecule has 5 aliphatic rings. The van der Waals surface area contributed by atoms with Crippen LogP contribution in [0.3, 0.4) is 0 Å². The highest BCUT2D eigenvalue weighted by molar-refractivity contribution is 5.86. The average Bonchev–Trinajstić information content (AvgIpc) is 3.52. The minimum atomic E-state index is -0.976. The topological polar surface area (TPSA) is 173 Å². The van der Waals surface area contributed by atoms with E-state index < -0.39 is 17.4 Å². The molecule has 0 bridgehead atoms. The Labute approximate surface area is 314 Å². The van der Waals surface area contributed by atoms with Crippen LogP contribution in [0.25, 0.3) is 22.3 Å². The van der Waals surface area contributed by atoms with Crippen molar-refractivity contribution in [2.24, 2.45) is 10.8 Å². The van der Waals surface area contributed by atoms with Gasteiger partial charge in [0, 0.05) is 90.7 Å². The summed E-state index contributed by atoms with van der Waals surface area (Å²) in [6.07, 6.45) is 10.4. The van der Waals surface area contributed by atoms with E-state index in [1.807, 2.05) is 37.5 Å². The Kier molecular flexibility index (Phi) is 8.72. The number of rotatable bonds is 7. The number of phenolic OH excluding ortho intramolecular Hbond substituents is 1. The van der Waals surface area contributed by atoms with Crippen LogP contribution >= 0.6 is 0 Å². The molecule has 284 valence electrons. The number of likely N-dealkylation sites (tertiary alicyclic amines) is 2. The standard InChI is InChI=1S/C40H49N9O5/c1-24-33-29-17-31(28-5-3-4-6-32(28)50)45-46-35(29)43-30(33)9-14-49(24)37-41-20-26(21-42-37)25-7-12-47(13-8-25)27-18-40(19-27)22-48(23-40)38(53)44-34(36(51)52)39(2)10-15-54-16-11-39/h3-6,17,20-21,24-25,27,34,50H,7-16,18-19,22-23H2,1-2H3,(H,43,46)(H,44,53)(H,51,52)/t24-,34?/m1/s1. The smallest absolute Gasteiger partial charge is 0.326 e. The van der Waals surface area contributed by atoms with Crippen LogP contribution in [0.2, 0.25) is 0 Å². The second kappa shape index (κ2) is 13.5. The number of H-pyrrole nitrogens is 1. The summed E-state index contributed by atoms with van der Waals surface area (Å²) in [4.78, 5) is 45.1. The third-order valence-electron chi connectivity index (χ3n) is 13.3. The van der Waals surface area contributed by atoms with Gasteiger partial charge in [0.1, 0.15) is 11.8 Å². The van der Waals surface area contributed by atoms with Gasteiger partial charge in [-0.05, 0) is 88.2 Å². The number of nitrogens with zero attached hydrogens (tertiary/aromatic N) is 7. The molecule has 7 heterocycles. The SMILES string of the molecule is C[C@@H]1c2c([nH]c3nnc(-c4ccccc4O)cc23)CCN1c1ncc(C2CCN(C3CC4(C3)CN(C(=O)NC(C(=O)O)C3(C)CCOCC3)C4)CC2)cn1. The third-order valence-corrected chi connectivity index (χ3v) is 13.3. The van der Waals surface area contributed by atoms with E-state index in [0.717, 1.165) is 74.4 Å². The largest absolute Gasteiger partial charge is 0.507 e. The lowest BCUT2D eigenvalue weighted by Gasteiger charge is -2.61. The Morgan fingerprint density at radius 1 is 1.04 bits per heavy atom. The molecular formula is C40H49N9O5. The summed E-state index contributed by atoms with van der Waals surface area (Å²) in [7, 11) is 0. The number of aromatic amines is 1. The molecule has 4 aliphatic heterocycles. The van der Waals surface area contributed by atoms with Crippen LogP contribution in [0, 0.1) is 10.8 Å². The molecule has 1 saturated carbocycles. The van der Waals surface area contributed by atoms with Crippen molar-refractivity contribution in [2.45, 2.75) is 82.8 Å². The van der Waals surface area contributed by atoms with Crippen molar-refractivity contribution >= 4 is 29.0 Å². The van der Waals surface area contributed by atoms with Crippen molar-refractivity contribution in [1.29, 1.82) is 0 Å². The van der Waals surface area contributed by atoms with E-state index in [0.29, 0.717) is 62.4 Å². The second-order valence-corrected chi connectivity index (χ2v) is 16.7. The first kappa shape index (κ1) is 34.9. The van der Waals surface area contributed by atoms with Crippen molar-refractivity contribution in [1.82, 2.24) is 40.3 Å². The lowest BCUT2D eigenvalue weighted by Crippen LogP contribution is -2.70. The quantitative estimate of drug-likeness (QED) is 0.204.